The van der Waals surface area contributed by atoms with Crippen LogP contribution in [0.3, 0.4) is 0 Å². The zero-order valence-corrected chi connectivity index (χ0v) is 24.8. The average molecular weight is 574 g/mol. The van der Waals surface area contributed by atoms with Gasteiger partial charge in [-0.2, -0.15) is 0 Å². The summed E-state index contributed by atoms with van der Waals surface area (Å²) in [7, 11) is 0. The second-order valence-corrected chi connectivity index (χ2v) is 11.4. The lowest BCUT2D eigenvalue weighted by molar-refractivity contribution is 1.14. The summed E-state index contributed by atoms with van der Waals surface area (Å²) >= 11 is 0. The van der Waals surface area contributed by atoms with Gasteiger partial charge in [0.25, 0.3) is 0 Å². The molecule has 1 heterocycles. The van der Waals surface area contributed by atoms with Gasteiger partial charge < -0.3 is 4.57 Å². The molecule has 0 radical (unpaired) electrons. The van der Waals surface area contributed by atoms with Crippen molar-refractivity contribution >= 4 is 10.9 Å². The molecule has 0 N–H and O–H groups in total. The van der Waals surface area contributed by atoms with Crippen LogP contribution >= 0.6 is 0 Å². The highest BCUT2D eigenvalue weighted by atomic mass is 15.0. The lowest BCUT2D eigenvalue weighted by Gasteiger charge is -2.17. The highest BCUT2D eigenvalue weighted by Gasteiger charge is 2.22. The number of nitrogens with zero attached hydrogens (tertiary/aromatic N) is 1. The fourth-order valence-corrected chi connectivity index (χ4v) is 6.47. The second kappa shape index (κ2) is 11.6. The van der Waals surface area contributed by atoms with Crippen molar-refractivity contribution in [2.45, 2.75) is 0 Å². The number of benzene rings is 7. The summed E-state index contributed by atoms with van der Waals surface area (Å²) < 4.78 is 2.47. The third kappa shape index (κ3) is 5.05. The van der Waals surface area contributed by atoms with Crippen molar-refractivity contribution in [2.24, 2.45) is 0 Å². The molecule has 0 aliphatic heterocycles. The van der Waals surface area contributed by atoms with Crippen LogP contribution in [0.2, 0.25) is 0 Å². The molecule has 0 unspecified atom stereocenters. The standard InChI is InChI=1S/C44H31N/c1-6-16-32(17-7-1)37-26-27-42-41(31-37)43(35-22-12-4-13-23-35)44(36-24-14-5-15-25-36)45(42)40-29-38(33-18-8-2-9-19-33)28-39(30-40)34-20-10-3-11-21-34/h1-31H. The Labute approximate surface area is 264 Å². The summed E-state index contributed by atoms with van der Waals surface area (Å²) in [5.41, 5.74) is 14.3. The Morgan fingerprint density at radius 3 is 1.20 bits per heavy atom. The van der Waals surface area contributed by atoms with E-state index in [4.69, 9.17) is 0 Å². The van der Waals surface area contributed by atoms with E-state index < -0.39 is 0 Å². The minimum Gasteiger partial charge on any atom is -0.309 e. The van der Waals surface area contributed by atoms with Gasteiger partial charge in [0.15, 0.2) is 0 Å². The van der Waals surface area contributed by atoms with E-state index in [1.807, 2.05) is 0 Å². The fraction of sp³-hybridized carbons (Fsp3) is 0. The molecular weight excluding hydrogens is 542 g/mol. The highest BCUT2D eigenvalue weighted by Crippen LogP contribution is 2.45. The number of aromatic nitrogens is 1. The van der Waals surface area contributed by atoms with E-state index in [0.29, 0.717) is 0 Å². The summed E-state index contributed by atoms with van der Waals surface area (Å²) in [4.78, 5) is 0. The highest BCUT2D eigenvalue weighted by molar-refractivity contribution is 6.07. The van der Waals surface area contributed by atoms with Gasteiger partial charge in [0.05, 0.1) is 11.2 Å². The predicted molar refractivity (Wildman–Crippen MR) is 190 cm³/mol. The fourth-order valence-electron chi connectivity index (χ4n) is 6.47. The molecule has 8 aromatic rings. The van der Waals surface area contributed by atoms with Gasteiger partial charge in [-0.1, -0.05) is 158 Å². The van der Waals surface area contributed by atoms with Gasteiger partial charge in [-0.15, -0.1) is 0 Å². The van der Waals surface area contributed by atoms with Gasteiger partial charge >= 0.3 is 0 Å². The van der Waals surface area contributed by atoms with Gasteiger partial charge in [-0.3, -0.25) is 0 Å². The topological polar surface area (TPSA) is 4.93 Å². The molecule has 1 nitrogen and oxygen atoms in total. The Hall–Kier alpha value is -5.92. The van der Waals surface area contributed by atoms with Crippen molar-refractivity contribution in [1.82, 2.24) is 4.57 Å². The Balaban J connectivity index is 1.50. The lowest BCUT2D eigenvalue weighted by atomic mass is 9.96. The van der Waals surface area contributed by atoms with Gasteiger partial charge in [0, 0.05) is 16.6 Å². The van der Waals surface area contributed by atoms with Gasteiger partial charge in [-0.05, 0) is 74.8 Å². The predicted octanol–water partition coefficient (Wildman–Crippen LogP) is 12.0. The van der Waals surface area contributed by atoms with Crippen molar-refractivity contribution in [3.8, 4) is 61.5 Å². The summed E-state index contributed by atoms with van der Waals surface area (Å²) in [6.45, 7) is 0. The van der Waals surface area contributed by atoms with Crippen molar-refractivity contribution in [1.29, 1.82) is 0 Å². The van der Waals surface area contributed by atoms with Crippen LogP contribution in [0, 0.1) is 0 Å². The molecule has 1 heteroatoms. The SMILES string of the molecule is c1ccc(-c2cc(-c3ccccc3)cc(-n3c(-c4ccccc4)c(-c4ccccc4)c4cc(-c5ccccc5)ccc43)c2)cc1. The molecule has 0 atom stereocenters. The molecule has 0 aliphatic rings. The lowest BCUT2D eigenvalue weighted by Crippen LogP contribution is -1.99. The first kappa shape index (κ1) is 26.7. The monoisotopic (exact) mass is 573 g/mol. The van der Waals surface area contributed by atoms with Crippen LogP contribution in [0.25, 0.3) is 72.4 Å². The van der Waals surface area contributed by atoms with Crippen LogP contribution in [0.1, 0.15) is 0 Å². The summed E-state index contributed by atoms with van der Waals surface area (Å²) in [5, 5.41) is 1.23. The zero-order chi connectivity index (χ0) is 30.0. The molecule has 212 valence electrons. The van der Waals surface area contributed by atoms with Gasteiger partial charge in [0.1, 0.15) is 0 Å². The number of fused-ring (bicyclic) bond motifs is 1. The largest absolute Gasteiger partial charge is 0.309 e. The smallest absolute Gasteiger partial charge is 0.0619 e. The van der Waals surface area contributed by atoms with E-state index in [-0.39, 0.29) is 0 Å². The maximum atomic E-state index is 2.47. The van der Waals surface area contributed by atoms with Crippen LogP contribution < -0.4 is 0 Å². The van der Waals surface area contributed by atoms with Crippen LogP contribution in [-0.2, 0) is 0 Å². The van der Waals surface area contributed by atoms with Crippen LogP contribution in [0.5, 0.6) is 0 Å². The number of hydrogen-bond acceptors (Lipinski definition) is 0. The zero-order valence-electron chi connectivity index (χ0n) is 24.8. The quantitative estimate of drug-likeness (QED) is 0.186. The van der Waals surface area contributed by atoms with E-state index in [1.165, 1.54) is 66.7 Å². The first-order chi connectivity index (χ1) is 22.3. The first-order valence-electron chi connectivity index (χ1n) is 15.4. The summed E-state index contributed by atoms with van der Waals surface area (Å²) in [6.07, 6.45) is 0. The molecule has 0 saturated heterocycles. The summed E-state index contributed by atoms with van der Waals surface area (Å²) in [5.74, 6) is 0. The van der Waals surface area contributed by atoms with Crippen molar-refractivity contribution < 1.29 is 0 Å². The molecule has 1 aromatic heterocycles. The Kier molecular flexibility index (Phi) is 6.90. The third-order valence-electron chi connectivity index (χ3n) is 8.57. The maximum Gasteiger partial charge on any atom is 0.0619 e. The maximum absolute atomic E-state index is 2.47. The molecule has 8 rings (SSSR count). The minimum atomic E-state index is 1.13. The molecule has 0 amide bonds. The van der Waals surface area contributed by atoms with Crippen molar-refractivity contribution in [2.75, 3.05) is 0 Å². The van der Waals surface area contributed by atoms with Crippen LogP contribution in [-0.4, -0.2) is 4.57 Å². The normalized spacial score (nSPS) is 11.1. The Morgan fingerprint density at radius 1 is 0.289 bits per heavy atom. The number of hydrogen-bond donors (Lipinski definition) is 0. The molecule has 0 saturated carbocycles. The van der Waals surface area contributed by atoms with E-state index in [2.05, 4.69) is 193 Å². The first-order valence-corrected chi connectivity index (χ1v) is 15.4. The average Bonchev–Trinajstić information content (AvgIpc) is 3.48. The van der Waals surface area contributed by atoms with E-state index in [0.717, 1.165) is 5.69 Å². The second-order valence-electron chi connectivity index (χ2n) is 11.4. The third-order valence-corrected chi connectivity index (χ3v) is 8.57. The van der Waals surface area contributed by atoms with Gasteiger partial charge in [0.2, 0.25) is 0 Å². The minimum absolute atomic E-state index is 1.13. The van der Waals surface area contributed by atoms with Crippen LogP contribution in [0.4, 0.5) is 0 Å². The Bertz CT molecular complexity index is 2160. The van der Waals surface area contributed by atoms with Crippen LogP contribution in [0.15, 0.2) is 188 Å². The molecule has 45 heavy (non-hydrogen) atoms. The van der Waals surface area contributed by atoms with E-state index in [9.17, 15) is 0 Å². The van der Waals surface area contributed by atoms with E-state index >= 15 is 0 Å². The van der Waals surface area contributed by atoms with Gasteiger partial charge in [-0.25, -0.2) is 0 Å². The summed E-state index contributed by atoms with van der Waals surface area (Å²) in [6, 6.07) is 67.7. The molecule has 0 aliphatic carbocycles. The molecule has 0 fully saturated rings. The molecule has 0 bridgehead atoms. The molecular formula is C44H31N. The molecule has 7 aromatic carbocycles. The van der Waals surface area contributed by atoms with E-state index in [1.54, 1.807) is 0 Å². The van der Waals surface area contributed by atoms with Crippen molar-refractivity contribution in [3.05, 3.63) is 188 Å². The number of rotatable bonds is 6. The Morgan fingerprint density at radius 2 is 0.711 bits per heavy atom. The van der Waals surface area contributed by atoms with Crippen molar-refractivity contribution in [3.63, 3.8) is 0 Å². The molecule has 0 spiro atoms.